The molecule has 144 valence electrons. The van der Waals surface area contributed by atoms with Crippen LogP contribution in [0.15, 0.2) is 47.4 Å². The number of carbonyl (C=O) groups excluding carboxylic acids is 1. The number of hydrogen-bond donors (Lipinski definition) is 0. The summed E-state index contributed by atoms with van der Waals surface area (Å²) in [6, 6.07) is 3.85. The highest BCUT2D eigenvalue weighted by Crippen LogP contribution is 2.21. The molecule has 2 aromatic rings. The van der Waals surface area contributed by atoms with Gasteiger partial charge in [0.2, 0.25) is 0 Å². The maximum Gasteiger partial charge on any atom is 0.338 e. The number of aliphatic imine (C=N–C) groups is 2. The van der Waals surface area contributed by atoms with Gasteiger partial charge in [-0.25, -0.2) is 24.7 Å². The third kappa shape index (κ3) is 6.29. The van der Waals surface area contributed by atoms with Gasteiger partial charge >= 0.3 is 6.03 Å². The molecule has 2 aliphatic carbocycles. The molecule has 2 aromatic heterocycles. The molecule has 0 aliphatic heterocycles. The second-order valence-electron chi connectivity index (χ2n) is 7.16. The van der Waals surface area contributed by atoms with Crippen LogP contribution in [-0.2, 0) is 0 Å². The lowest BCUT2D eigenvalue weighted by Crippen LogP contribution is -2.15. The Bertz CT molecular complexity index is 660. The third-order valence-electron chi connectivity index (χ3n) is 5.08. The zero-order chi connectivity index (χ0) is 18.7. The molecule has 0 spiro atoms. The first-order valence-corrected chi connectivity index (χ1v) is 9.98. The van der Waals surface area contributed by atoms with Crippen molar-refractivity contribution in [1.29, 1.82) is 0 Å². The van der Waals surface area contributed by atoms with E-state index in [0.29, 0.717) is 12.1 Å². The molecule has 0 N–H and O–H groups in total. The highest BCUT2D eigenvalue weighted by molar-refractivity contribution is 5.78. The SMILES string of the molecule is C(=NC1CCCCC1)=NC1CCCCC1.O=C(n1ccnc1)n1ccnc1. The van der Waals surface area contributed by atoms with Crippen molar-refractivity contribution in [2.24, 2.45) is 9.98 Å². The average Bonchev–Trinajstić information content (AvgIpc) is 3.44. The van der Waals surface area contributed by atoms with E-state index < -0.39 is 0 Å². The summed E-state index contributed by atoms with van der Waals surface area (Å²) in [4.78, 5) is 27.9. The number of carbonyl (C=O) groups is 1. The zero-order valence-corrected chi connectivity index (χ0v) is 15.8. The van der Waals surface area contributed by atoms with Crippen LogP contribution >= 0.6 is 0 Å². The van der Waals surface area contributed by atoms with Gasteiger partial charge < -0.3 is 0 Å². The van der Waals surface area contributed by atoms with Gasteiger partial charge in [0.15, 0.2) is 0 Å². The lowest BCUT2D eigenvalue weighted by Gasteiger charge is -2.17. The highest BCUT2D eigenvalue weighted by Gasteiger charge is 2.12. The van der Waals surface area contributed by atoms with E-state index in [1.807, 2.05) is 0 Å². The quantitative estimate of drug-likeness (QED) is 0.736. The van der Waals surface area contributed by atoms with Crippen LogP contribution in [0.3, 0.4) is 0 Å². The van der Waals surface area contributed by atoms with Gasteiger partial charge in [0.25, 0.3) is 0 Å². The predicted octanol–water partition coefficient (Wildman–Crippen LogP) is 4.42. The second-order valence-corrected chi connectivity index (χ2v) is 7.16. The van der Waals surface area contributed by atoms with Gasteiger partial charge in [-0.15, -0.1) is 0 Å². The fourth-order valence-electron chi connectivity index (χ4n) is 3.49. The van der Waals surface area contributed by atoms with Crippen molar-refractivity contribution in [1.82, 2.24) is 19.1 Å². The molecule has 2 fully saturated rings. The van der Waals surface area contributed by atoms with Crippen molar-refractivity contribution in [3.05, 3.63) is 37.4 Å². The second kappa shape index (κ2) is 10.6. The van der Waals surface area contributed by atoms with E-state index in [1.165, 1.54) is 86.0 Å². The molecule has 0 atom stereocenters. The summed E-state index contributed by atoms with van der Waals surface area (Å²) in [5.41, 5.74) is 0. The van der Waals surface area contributed by atoms with Crippen LogP contribution in [0.1, 0.15) is 64.2 Å². The van der Waals surface area contributed by atoms with Crippen molar-refractivity contribution in [3.8, 4) is 0 Å². The summed E-state index contributed by atoms with van der Waals surface area (Å²) in [6.45, 7) is 0. The normalized spacial score (nSPS) is 18.1. The topological polar surface area (TPSA) is 77.4 Å². The Labute approximate surface area is 160 Å². The highest BCUT2D eigenvalue weighted by atomic mass is 16.2. The minimum Gasteiger partial charge on any atom is -0.257 e. The van der Waals surface area contributed by atoms with E-state index in [0.717, 1.165) is 0 Å². The molecule has 2 aliphatic rings. The number of hydrogen-bond acceptors (Lipinski definition) is 5. The van der Waals surface area contributed by atoms with Crippen LogP contribution in [-0.4, -0.2) is 43.2 Å². The fraction of sp³-hybridized carbons (Fsp3) is 0.600. The minimum absolute atomic E-state index is 0.190. The first-order chi connectivity index (χ1) is 13.3. The lowest BCUT2D eigenvalue weighted by molar-refractivity contribution is 0.244. The van der Waals surface area contributed by atoms with Gasteiger partial charge in [-0.3, -0.25) is 9.13 Å². The summed E-state index contributed by atoms with van der Waals surface area (Å²) in [6.07, 6.45) is 22.4. The zero-order valence-electron chi connectivity index (χ0n) is 15.8. The smallest absolute Gasteiger partial charge is 0.257 e. The predicted molar refractivity (Wildman–Crippen MR) is 104 cm³/mol. The average molecular weight is 368 g/mol. The Hall–Kier alpha value is -2.53. The van der Waals surface area contributed by atoms with Crippen molar-refractivity contribution in [2.45, 2.75) is 76.3 Å². The molecular weight excluding hydrogens is 340 g/mol. The lowest BCUT2D eigenvalue weighted by atomic mass is 9.96. The van der Waals surface area contributed by atoms with Crippen LogP contribution < -0.4 is 0 Å². The van der Waals surface area contributed by atoms with Crippen molar-refractivity contribution in [3.63, 3.8) is 0 Å². The molecule has 0 aromatic carbocycles. The van der Waals surface area contributed by atoms with Gasteiger partial charge in [0.05, 0.1) is 18.1 Å². The van der Waals surface area contributed by atoms with E-state index in [-0.39, 0.29) is 6.03 Å². The molecule has 0 amide bonds. The van der Waals surface area contributed by atoms with Gasteiger partial charge in [0.1, 0.15) is 12.7 Å². The molecular formula is C20H28N6O. The first-order valence-electron chi connectivity index (χ1n) is 9.98. The standard InChI is InChI=1S/C13H22N2.C7H6N4O/c1-3-7-12(8-4-1)14-11-15-13-9-5-2-6-10-13;12-7(10-3-1-8-5-10)11-4-2-9-6-11/h12-13H,1-10H2;1-6H. The van der Waals surface area contributed by atoms with Crippen molar-refractivity contribution in [2.75, 3.05) is 0 Å². The molecule has 0 unspecified atom stereocenters. The third-order valence-corrected chi connectivity index (χ3v) is 5.08. The fourth-order valence-corrected chi connectivity index (χ4v) is 3.49. The Morgan fingerprint density at radius 2 is 1.22 bits per heavy atom. The maximum absolute atomic E-state index is 11.4. The number of aromatic nitrogens is 4. The molecule has 27 heavy (non-hydrogen) atoms. The van der Waals surface area contributed by atoms with Gasteiger partial charge in [-0.2, -0.15) is 0 Å². The molecule has 7 heteroatoms. The summed E-state index contributed by atoms with van der Waals surface area (Å²) >= 11 is 0. The van der Waals surface area contributed by atoms with Crippen LogP contribution in [0.2, 0.25) is 0 Å². The number of imidazole rings is 2. The number of rotatable bonds is 2. The van der Waals surface area contributed by atoms with Crippen LogP contribution in [0.5, 0.6) is 0 Å². The van der Waals surface area contributed by atoms with Crippen LogP contribution in [0, 0.1) is 0 Å². The van der Waals surface area contributed by atoms with E-state index in [9.17, 15) is 4.79 Å². The Balaban J connectivity index is 0.000000159. The summed E-state index contributed by atoms with van der Waals surface area (Å²) in [5, 5.41) is 0. The van der Waals surface area contributed by atoms with E-state index in [1.54, 1.807) is 24.8 Å². The first kappa shape index (κ1) is 19.2. The van der Waals surface area contributed by atoms with Gasteiger partial charge in [0, 0.05) is 24.8 Å². The van der Waals surface area contributed by atoms with Gasteiger partial charge in [-0.05, 0) is 25.7 Å². The van der Waals surface area contributed by atoms with Crippen molar-refractivity contribution < 1.29 is 4.79 Å². The molecule has 2 saturated carbocycles. The molecule has 2 heterocycles. The van der Waals surface area contributed by atoms with Gasteiger partial charge in [-0.1, -0.05) is 38.5 Å². The maximum atomic E-state index is 11.4. The summed E-state index contributed by atoms with van der Waals surface area (Å²) < 4.78 is 2.75. The van der Waals surface area contributed by atoms with Crippen LogP contribution in [0.4, 0.5) is 4.79 Å². The molecule has 0 saturated heterocycles. The number of nitrogens with zero attached hydrogens (tertiary/aromatic N) is 6. The molecule has 0 bridgehead atoms. The van der Waals surface area contributed by atoms with Crippen LogP contribution in [0.25, 0.3) is 0 Å². The Morgan fingerprint density at radius 1 is 0.778 bits per heavy atom. The van der Waals surface area contributed by atoms with Crippen molar-refractivity contribution >= 4 is 12.0 Å². The van der Waals surface area contributed by atoms with E-state index in [2.05, 4.69) is 26.0 Å². The largest absolute Gasteiger partial charge is 0.338 e. The molecule has 4 rings (SSSR count). The Kier molecular flexibility index (Phi) is 7.54. The van der Waals surface area contributed by atoms with E-state index in [4.69, 9.17) is 0 Å². The summed E-state index contributed by atoms with van der Waals surface area (Å²) in [7, 11) is 0. The van der Waals surface area contributed by atoms with E-state index >= 15 is 0 Å². The Morgan fingerprint density at radius 3 is 1.59 bits per heavy atom. The monoisotopic (exact) mass is 368 g/mol. The minimum atomic E-state index is -0.190. The molecule has 7 nitrogen and oxygen atoms in total. The molecule has 0 radical (unpaired) electrons. The summed E-state index contributed by atoms with van der Waals surface area (Å²) in [5.74, 6) is 0.